The molecular formula is C14H15NO3S2. The van der Waals surface area contributed by atoms with Crippen molar-refractivity contribution in [1.82, 2.24) is 0 Å². The molecule has 0 fully saturated rings. The SMILES string of the molecule is CCc1cc(C(=O)O)c(NC(=O)c2cc(C)c(C)s2)s1. The lowest BCUT2D eigenvalue weighted by atomic mass is 10.2. The van der Waals surface area contributed by atoms with E-state index in [-0.39, 0.29) is 11.5 Å². The lowest BCUT2D eigenvalue weighted by molar-refractivity contribution is 0.0698. The summed E-state index contributed by atoms with van der Waals surface area (Å²) in [6.07, 6.45) is 0.748. The van der Waals surface area contributed by atoms with E-state index in [0.29, 0.717) is 9.88 Å². The normalized spacial score (nSPS) is 10.6. The number of hydrogen-bond acceptors (Lipinski definition) is 4. The van der Waals surface area contributed by atoms with Gasteiger partial charge >= 0.3 is 5.97 Å². The minimum absolute atomic E-state index is 0.158. The van der Waals surface area contributed by atoms with Crippen LogP contribution < -0.4 is 5.32 Å². The molecule has 20 heavy (non-hydrogen) atoms. The fourth-order valence-electron chi connectivity index (χ4n) is 1.72. The molecule has 1 amide bonds. The third kappa shape index (κ3) is 2.91. The molecule has 0 bridgehead atoms. The number of nitrogens with one attached hydrogen (secondary N) is 1. The van der Waals surface area contributed by atoms with E-state index in [2.05, 4.69) is 5.32 Å². The number of aromatic carboxylic acids is 1. The van der Waals surface area contributed by atoms with Gasteiger partial charge < -0.3 is 10.4 Å². The van der Waals surface area contributed by atoms with Crippen molar-refractivity contribution in [2.45, 2.75) is 27.2 Å². The fraction of sp³-hybridized carbons (Fsp3) is 0.286. The molecule has 6 heteroatoms. The smallest absolute Gasteiger partial charge is 0.338 e. The largest absolute Gasteiger partial charge is 0.478 e. The van der Waals surface area contributed by atoms with Crippen molar-refractivity contribution >= 4 is 39.6 Å². The Hall–Kier alpha value is -1.66. The Morgan fingerprint density at radius 3 is 2.45 bits per heavy atom. The van der Waals surface area contributed by atoms with Crippen LogP contribution >= 0.6 is 22.7 Å². The molecule has 0 aliphatic heterocycles. The summed E-state index contributed by atoms with van der Waals surface area (Å²) in [7, 11) is 0. The zero-order valence-corrected chi connectivity index (χ0v) is 13.1. The summed E-state index contributed by atoms with van der Waals surface area (Å²) in [5.41, 5.74) is 1.23. The molecule has 2 N–H and O–H groups in total. The molecule has 106 valence electrons. The molecule has 2 aromatic rings. The van der Waals surface area contributed by atoms with Crippen LogP contribution in [0.4, 0.5) is 5.00 Å². The van der Waals surface area contributed by atoms with Crippen LogP contribution in [0.3, 0.4) is 0 Å². The molecule has 0 atom stereocenters. The van der Waals surface area contributed by atoms with Gasteiger partial charge in [0.05, 0.1) is 10.4 Å². The molecule has 0 unspecified atom stereocenters. The zero-order chi connectivity index (χ0) is 14.9. The van der Waals surface area contributed by atoms with E-state index in [9.17, 15) is 9.59 Å². The van der Waals surface area contributed by atoms with Crippen molar-refractivity contribution < 1.29 is 14.7 Å². The average Bonchev–Trinajstić information content (AvgIpc) is 2.94. The van der Waals surface area contributed by atoms with E-state index >= 15 is 0 Å². The van der Waals surface area contributed by atoms with Gasteiger partial charge in [0.25, 0.3) is 5.91 Å². The van der Waals surface area contributed by atoms with Crippen LogP contribution in [0.5, 0.6) is 0 Å². The predicted molar refractivity (Wildman–Crippen MR) is 82.4 cm³/mol. The lowest BCUT2D eigenvalue weighted by Gasteiger charge is -2.01. The number of hydrogen-bond donors (Lipinski definition) is 2. The van der Waals surface area contributed by atoms with Gasteiger partial charge in [-0.2, -0.15) is 0 Å². The minimum atomic E-state index is -1.02. The highest BCUT2D eigenvalue weighted by atomic mass is 32.1. The quantitative estimate of drug-likeness (QED) is 0.899. The summed E-state index contributed by atoms with van der Waals surface area (Å²) >= 11 is 2.73. The Kier molecular flexibility index (Phi) is 4.25. The van der Waals surface area contributed by atoms with E-state index < -0.39 is 5.97 Å². The van der Waals surface area contributed by atoms with Crippen molar-refractivity contribution in [3.05, 3.63) is 37.9 Å². The second-order valence-electron chi connectivity index (χ2n) is 4.42. The molecule has 0 aliphatic rings. The van der Waals surface area contributed by atoms with Crippen LogP contribution in [0, 0.1) is 13.8 Å². The van der Waals surface area contributed by atoms with Gasteiger partial charge in [-0.25, -0.2) is 4.79 Å². The zero-order valence-electron chi connectivity index (χ0n) is 11.4. The number of carboxylic acid groups (broad SMARTS) is 1. The Morgan fingerprint density at radius 2 is 1.95 bits per heavy atom. The van der Waals surface area contributed by atoms with Crippen LogP contribution in [0.2, 0.25) is 0 Å². The number of aryl methyl sites for hydroxylation is 3. The summed E-state index contributed by atoms with van der Waals surface area (Å²) in [6, 6.07) is 3.44. The maximum atomic E-state index is 12.2. The molecule has 0 radical (unpaired) electrons. The first-order valence-corrected chi connectivity index (χ1v) is 7.80. The standard InChI is InChI=1S/C14H15NO3S2/c1-4-9-6-10(14(17)18)13(20-9)15-12(16)11-5-7(2)8(3)19-11/h5-6H,4H2,1-3H3,(H,15,16)(H,17,18). The van der Waals surface area contributed by atoms with E-state index in [4.69, 9.17) is 5.11 Å². The van der Waals surface area contributed by atoms with Gasteiger partial charge in [-0.1, -0.05) is 6.92 Å². The number of thiophene rings is 2. The van der Waals surface area contributed by atoms with Crippen LogP contribution in [0.25, 0.3) is 0 Å². The Labute approximate surface area is 125 Å². The van der Waals surface area contributed by atoms with Gasteiger partial charge in [-0.15, -0.1) is 22.7 Å². The summed E-state index contributed by atoms with van der Waals surface area (Å²) in [4.78, 5) is 26.0. The van der Waals surface area contributed by atoms with E-state index in [1.807, 2.05) is 26.8 Å². The summed E-state index contributed by atoms with van der Waals surface area (Å²) in [5.74, 6) is -1.27. The second-order valence-corrected chi connectivity index (χ2v) is 6.81. The Balaban J connectivity index is 2.27. The van der Waals surface area contributed by atoms with Crippen LogP contribution in [-0.4, -0.2) is 17.0 Å². The molecule has 2 rings (SSSR count). The first-order valence-electron chi connectivity index (χ1n) is 6.16. The first kappa shape index (κ1) is 14.7. The van der Waals surface area contributed by atoms with E-state index in [0.717, 1.165) is 21.7 Å². The highest BCUT2D eigenvalue weighted by Crippen LogP contribution is 2.30. The third-order valence-corrected chi connectivity index (χ3v) is 5.32. The van der Waals surface area contributed by atoms with Crippen molar-refractivity contribution in [3.63, 3.8) is 0 Å². The van der Waals surface area contributed by atoms with Crippen LogP contribution in [0.15, 0.2) is 12.1 Å². The fourth-order valence-corrected chi connectivity index (χ4v) is 3.63. The number of rotatable bonds is 4. The van der Waals surface area contributed by atoms with E-state index in [1.165, 1.54) is 22.7 Å². The number of carbonyl (C=O) groups is 2. The molecule has 0 spiro atoms. The highest BCUT2D eigenvalue weighted by Gasteiger charge is 2.18. The van der Waals surface area contributed by atoms with Gasteiger partial charge in [-0.3, -0.25) is 4.79 Å². The average molecular weight is 309 g/mol. The number of anilines is 1. The van der Waals surface area contributed by atoms with Crippen molar-refractivity contribution in [2.75, 3.05) is 5.32 Å². The Bertz CT molecular complexity index is 651. The molecule has 4 nitrogen and oxygen atoms in total. The van der Waals surface area contributed by atoms with Crippen LogP contribution in [-0.2, 0) is 6.42 Å². The van der Waals surface area contributed by atoms with Crippen molar-refractivity contribution in [3.8, 4) is 0 Å². The van der Waals surface area contributed by atoms with Gasteiger partial charge in [0.2, 0.25) is 0 Å². The summed E-state index contributed by atoms with van der Waals surface area (Å²) in [6.45, 7) is 5.86. The van der Waals surface area contributed by atoms with Crippen molar-refractivity contribution in [2.24, 2.45) is 0 Å². The van der Waals surface area contributed by atoms with Crippen LogP contribution in [0.1, 0.15) is 42.3 Å². The molecule has 0 aliphatic carbocycles. The molecule has 0 saturated carbocycles. The van der Waals surface area contributed by atoms with Crippen molar-refractivity contribution in [1.29, 1.82) is 0 Å². The summed E-state index contributed by atoms with van der Waals surface area (Å²) < 4.78 is 0. The monoisotopic (exact) mass is 309 g/mol. The van der Waals surface area contributed by atoms with E-state index in [1.54, 1.807) is 6.07 Å². The first-order chi connectivity index (χ1) is 9.42. The lowest BCUT2D eigenvalue weighted by Crippen LogP contribution is -2.11. The molecule has 2 heterocycles. The molecular weight excluding hydrogens is 294 g/mol. The van der Waals surface area contributed by atoms with Gasteiger partial charge in [-0.05, 0) is 38.0 Å². The number of amides is 1. The molecule has 0 aromatic carbocycles. The number of carboxylic acids is 1. The highest BCUT2D eigenvalue weighted by molar-refractivity contribution is 7.17. The second kappa shape index (κ2) is 5.76. The molecule has 0 saturated heterocycles. The maximum absolute atomic E-state index is 12.2. The minimum Gasteiger partial charge on any atom is -0.478 e. The maximum Gasteiger partial charge on any atom is 0.338 e. The topological polar surface area (TPSA) is 66.4 Å². The summed E-state index contributed by atoms with van der Waals surface area (Å²) in [5, 5.41) is 12.3. The predicted octanol–water partition coefficient (Wildman–Crippen LogP) is 3.94. The van der Waals surface area contributed by atoms with Gasteiger partial charge in [0.1, 0.15) is 5.00 Å². The van der Waals surface area contributed by atoms with Gasteiger partial charge in [0.15, 0.2) is 0 Å². The Morgan fingerprint density at radius 1 is 1.25 bits per heavy atom. The third-order valence-electron chi connectivity index (χ3n) is 2.98. The van der Waals surface area contributed by atoms with Gasteiger partial charge in [0, 0.05) is 9.75 Å². The number of carbonyl (C=O) groups excluding carboxylic acids is 1. The molecule has 2 aromatic heterocycles.